The van der Waals surface area contributed by atoms with Gasteiger partial charge in [-0.2, -0.15) is 4.98 Å². The van der Waals surface area contributed by atoms with Crippen molar-refractivity contribution in [3.8, 4) is 0 Å². The average Bonchev–Trinajstić information content (AvgIpc) is 3.00. The molecule has 1 amide bonds. The molecule has 0 unspecified atom stereocenters. The van der Waals surface area contributed by atoms with E-state index in [0.717, 1.165) is 5.56 Å². The molecule has 0 N–H and O–H groups in total. The molecule has 0 fully saturated rings. The second-order valence-electron chi connectivity index (χ2n) is 5.09. The summed E-state index contributed by atoms with van der Waals surface area (Å²) in [6, 6.07) is 8.05. The first-order valence-corrected chi connectivity index (χ1v) is 8.46. The summed E-state index contributed by atoms with van der Waals surface area (Å²) >= 11 is 1.26. The topological polar surface area (TPSA) is 63.4 Å². The molecule has 6 nitrogen and oxygen atoms in total. The number of hydrogen-bond donors (Lipinski definition) is 0. The first-order valence-electron chi connectivity index (χ1n) is 7.48. The third-order valence-corrected chi connectivity index (χ3v) is 4.24. The van der Waals surface area contributed by atoms with E-state index in [0.29, 0.717) is 24.0 Å². The van der Waals surface area contributed by atoms with E-state index in [1.807, 2.05) is 13.0 Å². The third kappa shape index (κ3) is 3.88. The molecular formula is C16H16FN5OS. The van der Waals surface area contributed by atoms with Gasteiger partial charge in [0.1, 0.15) is 5.82 Å². The van der Waals surface area contributed by atoms with Gasteiger partial charge in [0, 0.05) is 25.5 Å². The Bertz CT molecular complexity index is 820. The molecule has 2 heterocycles. The summed E-state index contributed by atoms with van der Waals surface area (Å²) in [5, 5.41) is 4.75. The van der Waals surface area contributed by atoms with E-state index >= 15 is 0 Å². The standard InChI is InChI=1S/C16H16FN5OS/c1-2-21(10-12-5-3-6-13(17)9-12)14(23)11-24-16-19-15-18-7-4-8-22(15)20-16/h3-9H,2,10-11H2,1H3. The van der Waals surface area contributed by atoms with Gasteiger partial charge in [0.25, 0.3) is 5.78 Å². The molecule has 1 aromatic carbocycles. The summed E-state index contributed by atoms with van der Waals surface area (Å²) in [7, 11) is 0. The van der Waals surface area contributed by atoms with Crippen LogP contribution in [0.15, 0.2) is 47.9 Å². The minimum Gasteiger partial charge on any atom is -0.338 e. The fraction of sp³-hybridized carbons (Fsp3) is 0.250. The molecular weight excluding hydrogens is 329 g/mol. The van der Waals surface area contributed by atoms with E-state index in [-0.39, 0.29) is 17.5 Å². The van der Waals surface area contributed by atoms with Gasteiger partial charge in [0.15, 0.2) is 0 Å². The number of hydrogen-bond acceptors (Lipinski definition) is 5. The number of rotatable bonds is 6. The molecule has 124 valence electrons. The van der Waals surface area contributed by atoms with Gasteiger partial charge in [-0.1, -0.05) is 23.9 Å². The Kier molecular flexibility index (Phi) is 5.05. The zero-order chi connectivity index (χ0) is 16.9. The number of carbonyl (C=O) groups excluding carboxylic acids is 1. The highest BCUT2D eigenvalue weighted by Gasteiger charge is 2.14. The Morgan fingerprint density at radius 1 is 1.38 bits per heavy atom. The van der Waals surface area contributed by atoms with E-state index in [1.165, 1.54) is 23.9 Å². The van der Waals surface area contributed by atoms with Crippen molar-refractivity contribution in [1.82, 2.24) is 24.5 Å². The van der Waals surface area contributed by atoms with Crippen LogP contribution in [0.25, 0.3) is 5.78 Å². The van der Waals surface area contributed by atoms with E-state index in [4.69, 9.17) is 0 Å². The molecule has 0 aliphatic carbocycles. The fourth-order valence-corrected chi connectivity index (χ4v) is 2.95. The van der Waals surface area contributed by atoms with E-state index in [2.05, 4.69) is 15.1 Å². The minimum absolute atomic E-state index is 0.0430. The number of nitrogens with zero attached hydrogens (tertiary/aromatic N) is 5. The number of thioether (sulfide) groups is 1. The third-order valence-electron chi connectivity index (χ3n) is 3.42. The highest BCUT2D eigenvalue weighted by molar-refractivity contribution is 7.99. The molecule has 2 aromatic heterocycles. The van der Waals surface area contributed by atoms with Crippen LogP contribution >= 0.6 is 11.8 Å². The van der Waals surface area contributed by atoms with Gasteiger partial charge in [-0.3, -0.25) is 4.79 Å². The van der Waals surface area contributed by atoms with Gasteiger partial charge in [-0.05, 0) is 30.7 Å². The van der Waals surface area contributed by atoms with Crippen LogP contribution in [0, 0.1) is 5.82 Å². The predicted molar refractivity (Wildman–Crippen MR) is 89.0 cm³/mol. The van der Waals surface area contributed by atoms with Crippen molar-refractivity contribution in [1.29, 1.82) is 0 Å². The first-order chi connectivity index (χ1) is 11.7. The maximum absolute atomic E-state index is 13.3. The summed E-state index contributed by atoms with van der Waals surface area (Å²) in [6.45, 7) is 2.83. The van der Waals surface area contributed by atoms with Crippen molar-refractivity contribution in [2.24, 2.45) is 0 Å². The number of amides is 1. The summed E-state index contributed by atoms with van der Waals surface area (Å²) in [5.41, 5.74) is 0.769. The molecule has 0 aliphatic rings. The smallest absolute Gasteiger partial charge is 0.253 e. The van der Waals surface area contributed by atoms with Gasteiger partial charge in [0.2, 0.25) is 11.1 Å². The molecule has 0 radical (unpaired) electrons. The lowest BCUT2D eigenvalue weighted by molar-refractivity contribution is -0.128. The van der Waals surface area contributed by atoms with Crippen molar-refractivity contribution < 1.29 is 9.18 Å². The lowest BCUT2D eigenvalue weighted by Crippen LogP contribution is -2.31. The van der Waals surface area contributed by atoms with Crippen molar-refractivity contribution in [2.75, 3.05) is 12.3 Å². The SMILES string of the molecule is CCN(Cc1cccc(F)c1)C(=O)CSc1nc2ncccn2n1. The largest absolute Gasteiger partial charge is 0.338 e. The summed E-state index contributed by atoms with van der Waals surface area (Å²) in [5.74, 6) is 0.380. The van der Waals surface area contributed by atoms with Crippen molar-refractivity contribution in [3.05, 3.63) is 54.1 Å². The number of carbonyl (C=O) groups is 1. The van der Waals surface area contributed by atoms with Gasteiger partial charge in [-0.25, -0.2) is 13.9 Å². The van der Waals surface area contributed by atoms with Crippen LogP contribution in [0.2, 0.25) is 0 Å². The maximum atomic E-state index is 13.3. The van der Waals surface area contributed by atoms with Crippen molar-refractivity contribution >= 4 is 23.4 Å². The normalized spacial score (nSPS) is 10.9. The maximum Gasteiger partial charge on any atom is 0.253 e. The Hall–Kier alpha value is -2.48. The highest BCUT2D eigenvalue weighted by atomic mass is 32.2. The molecule has 0 saturated carbocycles. The number of benzene rings is 1. The molecule has 0 bridgehead atoms. The molecule has 3 aromatic rings. The number of aromatic nitrogens is 4. The van der Waals surface area contributed by atoms with Crippen LogP contribution in [-0.2, 0) is 11.3 Å². The minimum atomic E-state index is -0.299. The second-order valence-corrected chi connectivity index (χ2v) is 6.03. The molecule has 3 rings (SSSR count). The lowest BCUT2D eigenvalue weighted by atomic mass is 10.2. The fourth-order valence-electron chi connectivity index (χ4n) is 2.22. The van der Waals surface area contributed by atoms with E-state index in [1.54, 1.807) is 33.9 Å². The molecule has 0 saturated heterocycles. The summed E-state index contributed by atoms with van der Waals surface area (Å²) in [4.78, 5) is 22.4. The summed E-state index contributed by atoms with van der Waals surface area (Å²) in [6.07, 6.45) is 3.39. The molecule has 0 spiro atoms. The Balaban J connectivity index is 1.61. The molecule has 0 atom stereocenters. The van der Waals surface area contributed by atoms with Gasteiger partial charge in [-0.15, -0.1) is 5.10 Å². The molecule has 8 heteroatoms. The van der Waals surface area contributed by atoms with Crippen LogP contribution in [0.5, 0.6) is 0 Å². The van der Waals surface area contributed by atoms with Crippen LogP contribution in [0.3, 0.4) is 0 Å². The van der Waals surface area contributed by atoms with Crippen LogP contribution in [0.4, 0.5) is 4.39 Å². The van der Waals surface area contributed by atoms with E-state index < -0.39 is 0 Å². The predicted octanol–water partition coefficient (Wildman–Crippen LogP) is 2.40. The monoisotopic (exact) mass is 345 g/mol. The number of halogens is 1. The van der Waals surface area contributed by atoms with Crippen molar-refractivity contribution in [2.45, 2.75) is 18.6 Å². The van der Waals surface area contributed by atoms with Gasteiger partial charge in [0.05, 0.1) is 5.75 Å². The summed E-state index contributed by atoms with van der Waals surface area (Å²) < 4.78 is 14.8. The zero-order valence-corrected chi connectivity index (χ0v) is 13.9. The molecule has 24 heavy (non-hydrogen) atoms. The highest BCUT2D eigenvalue weighted by Crippen LogP contribution is 2.15. The lowest BCUT2D eigenvalue weighted by Gasteiger charge is -2.20. The molecule has 0 aliphatic heterocycles. The van der Waals surface area contributed by atoms with Gasteiger partial charge < -0.3 is 4.90 Å². The second kappa shape index (κ2) is 7.39. The number of fused-ring (bicyclic) bond motifs is 1. The van der Waals surface area contributed by atoms with Gasteiger partial charge >= 0.3 is 0 Å². The van der Waals surface area contributed by atoms with Crippen molar-refractivity contribution in [3.63, 3.8) is 0 Å². The quantitative estimate of drug-likeness (QED) is 0.642. The Morgan fingerprint density at radius 2 is 2.25 bits per heavy atom. The van der Waals surface area contributed by atoms with E-state index in [9.17, 15) is 9.18 Å². The Morgan fingerprint density at radius 3 is 3.00 bits per heavy atom. The average molecular weight is 345 g/mol. The zero-order valence-electron chi connectivity index (χ0n) is 13.1. The van der Waals surface area contributed by atoms with Crippen LogP contribution in [-0.4, -0.2) is 42.7 Å². The Labute approximate surface area is 142 Å². The first kappa shape index (κ1) is 16.4. The van der Waals surface area contributed by atoms with Crippen LogP contribution in [0.1, 0.15) is 12.5 Å². The van der Waals surface area contributed by atoms with Crippen LogP contribution < -0.4 is 0 Å².